The van der Waals surface area contributed by atoms with Gasteiger partial charge in [0.05, 0.1) is 12.1 Å². The van der Waals surface area contributed by atoms with E-state index in [1.54, 1.807) is 0 Å². The molecule has 1 saturated carbocycles. The van der Waals surface area contributed by atoms with E-state index in [2.05, 4.69) is 158 Å². The number of hydrogen-bond acceptors (Lipinski definition) is 4. The van der Waals surface area contributed by atoms with Gasteiger partial charge in [0.1, 0.15) is 11.5 Å². The fourth-order valence-electron chi connectivity index (χ4n) is 10.0. The number of aromatic hydroxyl groups is 2. The summed E-state index contributed by atoms with van der Waals surface area (Å²) in [7, 11) is 0. The molecule has 7 heteroatoms. The third-order valence-electron chi connectivity index (χ3n) is 13.1. The van der Waals surface area contributed by atoms with E-state index >= 15 is 0 Å². The Balaban J connectivity index is 0.00000203. The Labute approximate surface area is 461 Å². The van der Waals surface area contributed by atoms with Crippen LogP contribution in [-0.2, 0) is 91.6 Å². The molecule has 0 spiro atoms. The van der Waals surface area contributed by atoms with E-state index < -0.39 is 0 Å². The van der Waals surface area contributed by atoms with Gasteiger partial charge in [0.2, 0.25) is 0 Å². The van der Waals surface area contributed by atoms with Crippen LogP contribution in [0.1, 0.15) is 36.8 Å². The minimum Gasteiger partial charge on any atom is -0.507 e. The molecule has 0 bridgehead atoms. The number of nitrogens with zero attached hydrogens (tertiary/aromatic N) is 2. The minimum atomic E-state index is -0.0958. The summed E-state index contributed by atoms with van der Waals surface area (Å²) in [4.78, 5) is 10.5. The van der Waals surface area contributed by atoms with Gasteiger partial charge in [0, 0.05) is 137 Å². The Morgan fingerprint density at radius 3 is 1.09 bits per heavy atom. The Bertz CT molecular complexity index is 3220. The molecule has 0 amide bonds. The van der Waals surface area contributed by atoms with Crippen LogP contribution in [0, 0.1) is 0 Å². The van der Waals surface area contributed by atoms with Crippen molar-refractivity contribution in [2.45, 2.75) is 37.8 Å². The van der Waals surface area contributed by atoms with Gasteiger partial charge in [-0.15, -0.1) is 0 Å². The Morgan fingerprint density at radius 2 is 0.701 bits per heavy atom. The SMILES string of the molecule is Oc1c(C=N[C@H]2CCCC[C@@H]2N=Cc2cc3ccccc3c(-c3c(-c4ccccc4)ccc4ccccc34)c2O)cc2ccccc2c1-c1c(-c2ccccc2)ccc2ccccc12.[Y].[Y].[Zr]. The molecule has 10 aromatic rings. The molecule has 2 N–H and O–H groups in total. The molecular weight excluding hydrogens is 1050 g/mol. The van der Waals surface area contributed by atoms with E-state index in [1.807, 2.05) is 48.8 Å². The predicted octanol–water partition coefficient (Wildman–Crippen LogP) is 15.2. The molecule has 10 aromatic carbocycles. The second kappa shape index (κ2) is 21.7. The van der Waals surface area contributed by atoms with Crippen LogP contribution < -0.4 is 0 Å². The molecule has 4 nitrogen and oxygen atoms in total. The Kier molecular flexibility index (Phi) is 15.8. The fraction of sp³-hybridized carbons (Fsp3) is 0.100. The topological polar surface area (TPSA) is 65.2 Å². The van der Waals surface area contributed by atoms with Crippen LogP contribution in [-0.4, -0.2) is 34.7 Å². The average Bonchev–Trinajstić information content (AvgIpc) is 3.35. The third-order valence-corrected chi connectivity index (χ3v) is 13.1. The smallest absolute Gasteiger partial charge is 0.132 e. The summed E-state index contributed by atoms with van der Waals surface area (Å²) in [5.41, 5.74) is 9.27. The summed E-state index contributed by atoms with van der Waals surface area (Å²) in [5.74, 6) is 0.424. The first-order chi connectivity index (χ1) is 31.6. The molecule has 318 valence electrons. The summed E-state index contributed by atoms with van der Waals surface area (Å²) >= 11 is 0. The van der Waals surface area contributed by atoms with Gasteiger partial charge in [-0.2, -0.15) is 0 Å². The molecule has 0 unspecified atom stereocenters. The quantitative estimate of drug-likeness (QED) is 0.149. The first-order valence-corrected chi connectivity index (χ1v) is 22.3. The number of phenolic OH excluding ortho intramolecular Hbond substituents is 2. The van der Waals surface area contributed by atoms with E-state index in [1.165, 1.54) is 0 Å². The average molecular weight is 1100 g/mol. The molecule has 0 heterocycles. The van der Waals surface area contributed by atoms with Crippen LogP contribution in [0.25, 0.3) is 87.6 Å². The number of fused-ring (bicyclic) bond motifs is 4. The van der Waals surface area contributed by atoms with Crippen molar-refractivity contribution >= 4 is 55.5 Å². The summed E-state index contributed by atoms with van der Waals surface area (Å²) < 4.78 is 0. The van der Waals surface area contributed by atoms with Crippen molar-refractivity contribution in [3.05, 3.63) is 205 Å². The predicted molar refractivity (Wildman–Crippen MR) is 269 cm³/mol. The van der Waals surface area contributed by atoms with Gasteiger partial charge in [-0.05, 0) is 90.3 Å². The maximum absolute atomic E-state index is 12.5. The second-order valence-electron chi connectivity index (χ2n) is 16.9. The van der Waals surface area contributed by atoms with Crippen molar-refractivity contribution in [2.24, 2.45) is 9.98 Å². The van der Waals surface area contributed by atoms with E-state index in [0.29, 0.717) is 11.1 Å². The first kappa shape index (κ1) is 48.7. The van der Waals surface area contributed by atoms with Crippen LogP contribution in [0.2, 0.25) is 0 Å². The van der Waals surface area contributed by atoms with Crippen molar-refractivity contribution in [2.75, 3.05) is 0 Å². The molecular formula is C60H46N2O2Y2Zr. The minimum absolute atomic E-state index is 0. The van der Waals surface area contributed by atoms with Crippen molar-refractivity contribution in [3.8, 4) is 56.0 Å². The molecule has 11 rings (SSSR count). The van der Waals surface area contributed by atoms with E-state index in [0.717, 1.165) is 113 Å². The van der Waals surface area contributed by atoms with Crippen LogP contribution in [0.3, 0.4) is 0 Å². The zero-order valence-corrected chi connectivity index (χ0v) is 45.2. The van der Waals surface area contributed by atoms with Gasteiger partial charge in [-0.1, -0.05) is 195 Å². The van der Waals surface area contributed by atoms with Gasteiger partial charge in [0.25, 0.3) is 0 Å². The molecule has 1 aliphatic carbocycles. The maximum Gasteiger partial charge on any atom is 0.132 e. The Hall–Kier alpha value is -4.73. The van der Waals surface area contributed by atoms with Crippen molar-refractivity contribution in [3.63, 3.8) is 0 Å². The van der Waals surface area contributed by atoms with Crippen LogP contribution >= 0.6 is 0 Å². The van der Waals surface area contributed by atoms with Gasteiger partial charge in [0.15, 0.2) is 0 Å². The van der Waals surface area contributed by atoms with E-state index in [4.69, 9.17) is 9.98 Å². The Morgan fingerprint density at radius 1 is 0.373 bits per heavy atom. The second-order valence-corrected chi connectivity index (χ2v) is 16.9. The van der Waals surface area contributed by atoms with Crippen LogP contribution in [0.15, 0.2) is 204 Å². The normalized spacial score (nSPS) is 14.9. The first-order valence-electron chi connectivity index (χ1n) is 22.3. The summed E-state index contributed by atoms with van der Waals surface area (Å²) in [6.07, 6.45) is 7.60. The number of aliphatic imine (C=N–C) groups is 2. The van der Waals surface area contributed by atoms with E-state index in [-0.39, 0.29) is 115 Å². The zero-order chi connectivity index (χ0) is 43.0. The van der Waals surface area contributed by atoms with Gasteiger partial charge in [-0.25, -0.2) is 0 Å². The van der Waals surface area contributed by atoms with Crippen LogP contribution in [0.5, 0.6) is 11.5 Å². The van der Waals surface area contributed by atoms with Crippen LogP contribution in [0.4, 0.5) is 0 Å². The van der Waals surface area contributed by atoms with Crippen molar-refractivity contribution in [1.29, 1.82) is 0 Å². The summed E-state index contributed by atoms with van der Waals surface area (Å²) in [5, 5.41) is 33.4. The summed E-state index contributed by atoms with van der Waals surface area (Å²) in [6.45, 7) is 0. The fourth-order valence-corrected chi connectivity index (χ4v) is 10.0. The maximum atomic E-state index is 12.5. The summed E-state index contributed by atoms with van der Waals surface area (Å²) in [6, 6.07) is 66.9. The van der Waals surface area contributed by atoms with Gasteiger partial charge >= 0.3 is 0 Å². The van der Waals surface area contributed by atoms with Crippen molar-refractivity contribution < 1.29 is 102 Å². The molecule has 0 aromatic heterocycles. The monoisotopic (exact) mass is 1090 g/mol. The number of benzene rings is 10. The molecule has 0 aliphatic heterocycles. The molecule has 2 atom stereocenters. The van der Waals surface area contributed by atoms with Crippen molar-refractivity contribution in [1.82, 2.24) is 0 Å². The van der Waals surface area contributed by atoms with Gasteiger partial charge in [-0.3, -0.25) is 9.98 Å². The molecule has 0 saturated heterocycles. The third kappa shape index (κ3) is 9.53. The van der Waals surface area contributed by atoms with Gasteiger partial charge < -0.3 is 10.2 Å². The van der Waals surface area contributed by atoms with E-state index in [9.17, 15) is 10.2 Å². The molecule has 1 fully saturated rings. The molecule has 2 radical (unpaired) electrons. The number of rotatable bonds is 8. The number of hydrogen-bond donors (Lipinski definition) is 2. The molecule has 1 aliphatic rings. The zero-order valence-electron chi connectivity index (χ0n) is 37.1. The largest absolute Gasteiger partial charge is 0.507 e. The number of phenols is 2. The standard InChI is InChI=1S/C60H46N2O2.2Y.Zr/c63-59-45(35-43-23-9-13-27-49(43)57(59)55-47-25-11-7-21-41(47)31-33-51(55)39-17-3-1-4-18-39)37-61-53-29-15-16-30-54(53)62-38-46-36-44-24-10-14-28-50(44)58(60(46)64)56-48-26-12-8-22-42(48)32-34-52(56)40-19-5-2-6-20-40;;;/h1-14,17-28,31-38,53-54,63-64H,15-16,29-30H2;;;/t53-,54-;;;/m0.../s1. The molecule has 67 heavy (non-hydrogen) atoms.